The summed E-state index contributed by atoms with van der Waals surface area (Å²) in [7, 11) is 6.26. The first-order chi connectivity index (χ1) is 11.5. The fourth-order valence-corrected chi connectivity index (χ4v) is 2.61. The molecule has 136 valence electrons. The smallest absolute Gasteiger partial charge is 0.249 e. The SMILES string of the molecule is CC.CN(C)CCN(C)C1=CC=C(NC2CCC(=O)NC2=O)CC1. The first-order valence-corrected chi connectivity index (χ1v) is 8.81. The second-order valence-electron chi connectivity index (χ2n) is 6.22. The number of imide groups is 1. The maximum atomic E-state index is 11.7. The van der Waals surface area contributed by atoms with Crippen LogP contribution in [0.3, 0.4) is 0 Å². The lowest BCUT2D eigenvalue weighted by atomic mass is 10.0. The number of rotatable bonds is 6. The molecule has 2 rings (SSSR count). The van der Waals surface area contributed by atoms with Crippen molar-refractivity contribution in [2.75, 3.05) is 34.2 Å². The molecule has 24 heavy (non-hydrogen) atoms. The zero-order chi connectivity index (χ0) is 18.1. The molecule has 1 fully saturated rings. The molecule has 0 aromatic carbocycles. The third kappa shape index (κ3) is 6.35. The van der Waals surface area contributed by atoms with Gasteiger partial charge in [0.15, 0.2) is 0 Å². The fraction of sp³-hybridized carbons (Fsp3) is 0.667. The third-order valence-corrected chi connectivity index (χ3v) is 4.10. The van der Waals surface area contributed by atoms with Crippen molar-refractivity contribution < 1.29 is 9.59 Å². The van der Waals surface area contributed by atoms with Crippen LogP contribution in [0.15, 0.2) is 23.5 Å². The van der Waals surface area contributed by atoms with E-state index in [4.69, 9.17) is 0 Å². The third-order valence-electron chi connectivity index (χ3n) is 4.10. The van der Waals surface area contributed by atoms with Crippen molar-refractivity contribution in [1.82, 2.24) is 20.4 Å². The van der Waals surface area contributed by atoms with Crippen LogP contribution in [0.5, 0.6) is 0 Å². The minimum Gasteiger partial charge on any atom is -0.377 e. The lowest BCUT2D eigenvalue weighted by Gasteiger charge is -2.29. The largest absolute Gasteiger partial charge is 0.377 e. The van der Waals surface area contributed by atoms with Crippen molar-refractivity contribution in [3.8, 4) is 0 Å². The van der Waals surface area contributed by atoms with Crippen LogP contribution >= 0.6 is 0 Å². The molecule has 1 heterocycles. The molecule has 1 aliphatic heterocycles. The summed E-state index contributed by atoms with van der Waals surface area (Å²) >= 11 is 0. The molecule has 6 nitrogen and oxygen atoms in total. The number of nitrogens with zero attached hydrogens (tertiary/aromatic N) is 2. The van der Waals surface area contributed by atoms with Crippen LogP contribution in [0.1, 0.15) is 39.5 Å². The summed E-state index contributed by atoms with van der Waals surface area (Å²) < 4.78 is 0. The predicted molar refractivity (Wildman–Crippen MR) is 97.2 cm³/mol. The Labute approximate surface area is 146 Å². The Hall–Kier alpha value is -1.82. The standard InChI is InChI=1S/C16H26N4O2.C2H6/c1-19(2)10-11-20(3)13-6-4-12(5-7-13)17-14-8-9-15(21)18-16(14)22;1-2/h4,6,14,17H,5,7-11H2,1-3H3,(H,18,21,22);1-2H3. The second kappa shape index (κ2) is 10.1. The molecule has 6 heteroatoms. The van der Waals surface area contributed by atoms with Crippen LogP contribution in [0, 0.1) is 0 Å². The number of carbonyl (C=O) groups excluding carboxylic acids is 2. The highest BCUT2D eigenvalue weighted by Gasteiger charge is 2.27. The van der Waals surface area contributed by atoms with E-state index in [0.717, 1.165) is 31.6 Å². The predicted octanol–water partition coefficient (Wildman–Crippen LogP) is 1.46. The minimum atomic E-state index is -0.287. The van der Waals surface area contributed by atoms with E-state index in [2.05, 4.69) is 53.7 Å². The summed E-state index contributed by atoms with van der Waals surface area (Å²) in [5.41, 5.74) is 2.38. The van der Waals surface area contributed by atoms with Gasteiger partial charge in [0, 0.05) is 38.0 Å². The van der Waals surface area contributed by atoms with Gasteiger partial charge in [-0.15, -0.1) is 0 Å². The number of allylic oxidation sites excluding steroid dienone is 4. The Balaban J connectivity index is 0.00000139. The summed E-state index contributed by atoms with van der Waals surface area (Å²) in [4.78, 5) is 27.3. The highest BCUT2D eigenvalue weighted by atomic mass is 16.2. The molecule has 1 aliphatic carbocycles. The molecule has 1 saturated heterocycles. The van der Waals surface area contributed by atoms with E-state index in [-0.39, 0.29) is 17.9 Å². The van der Waals surface area contributed by atoms with Crippen LogP contribution in [-0.2, 0) is 9.59 Å². The lowest BCUT2D eigenvalue weighted by molar-refractivity contribution is -0.134. The Kier molecular flexibility index (Phi) is 8.54. The average molecular weight is 336 g/mol. The molecule has 2 amide bonds. The molecule has 0 spiro atoms. The molecule has 0 bridgehead atoms. The van der Waals surface area contributed by atoms with E-state index in [9.17, 15) is 9.59 Å². The maximum Gasteiger partial charge on any atom is 0.249 e. The summed E-state index contributed by atoms with van der Waals surface area (Å²) in [6, 6.07) is -0.287. The average Bonchev–Trinajstić information content (AvgIpc) is 2.57. The number of hydrogen-bond acceptors (Lipinski definition) is 5. The number of piperidine rings is 1. The van der Waals surface area contributed by atoms with Crippen LogP contribution in [0.2, 0.25) is 0 Å². The normalized spacial score (nSPS) is 20.5. The van der Waals surface area contributed by atoms with Gasteiger partial charge in [-0.05, 0) is 45.5 Å². The van der Waals surface area contributed by atoms with E-state index in [0.29, 0.717) is 12.8 Å². The molecule has 0 radical (unpaired) electrons. The highest BCUT2D eigenvalue weighted by molar-refractivity contribution is 6.00. The van der Waals surface area contributed by atoms with E-state index in [1.54, 1.807) is 0 Å². The van der Waals surface area contributed by atoms with Crippen LogP contribution in [-0.4, -0.2) is 61.9 Å². The highest BCUT2D eigenvalue weighted by Crippen LogP contribution is 2.20. The number of likely N-dealkylation sites (N-methyl/N-ethyl adjacent to an activating group) is 2. The van der Waals surface area contributed by atoms with Gasteiger partial charge in [0.1, 0.15) is 6.04 Å². The lowest BCUT2D eigenvalue weighted by Crippen LogP contribution is -2.50. The van der Waals surface area contributed by atoms with Crippen LogP contribution in [0.25, 0.3) is 0 Å². The van der Waals surface area contributed by atoms with Crippen LogP contribution < -0.4 is 10.6 Å². The van der Waals surface area contributed by atoms with Crippen molar-refractivity contribution in [3.05, 3.63) is 23.5 Å². The molecule has 0 aromatic heterocycles. The monoisotopic (exact) mass is 336 g/mol. The summed E-state index contributed by atoms with van der Waals surface area (Å²) in [6.45, 7) is 6.03. The van der Waals surface area contributed by atoms with E-state index in [1.165, 1.54) is 5.70 Å². The summed E-state index contributed by atoms with van der Waals surface area (Å²) in [5.74, 6) is -0.389. The van der Waals surface area contributed by atoms with Crippen molar-refractivity contribution in [2.24, 2.45) is 0 Å². The van der Waals surface area contributed by atoms with Crippen molar-refractivity contribution in [2.45, 2.75) is 45.6 Å². The quantitative estimate of drug-likeness (QED) is 0.719. The summed E-state index contributed by atoms with van der Waals surface area (Å²) in [5, 5.41) is 5.64. The molecular weight excluding hydrogens is 304 g/mol. The minimum absolute atomic E-state index is 0.176. The van der Waals surface area contributed by atoms with Crippen molar-refractivity contribution in [3.63, 3.8) is 0 Å². The first kappa shape index (κ1) is 20.2. The van der Waals surface area contributed by atoms with Gasteiger partial charge in [0.05, 0.1) is 0 Å². The maximum absolute atomic E-state index is 11.7. The fourth-order valence-electron chi connectivity index (χ4n) is 2.61. The second-order valence-corrected chi connectivity index (χ2v) is 6.22. The molecule has 2 aliphatic rings. The summed E-state index contributed by atoms with van der Waals surface area (Å²) in [6.07, 6.45) is 7.01. The Morgan fingerprint density at radius 2 is 1.79 bits per heavy atom. The van der Waals surface area contributed by atoms with Gasteiger partial charge < -0.3 is 15.1 Å². The van der Waals surface area contributed by atoms with Gasteiger partial charge in [-0.3, -0.25) is 14.9 Å². The van der Waals surface area contributed by atoms with Gasteiger partial charge in [-0.25, -0.2) is 0 Å². The zero-order valence-corrected chi connectivity index (χ0v) is 15.7. The zero-order valence-electron chi connectivity index (χ0n) is 15.7. The molecular formula is C18H32N4O2. The number of hydrogen-bond donors (Lipinski definition) is 2. The van der Waals surface area contributed by atoms with E-state index in [1.807, 2.05) is 13.8 Å². The molecule has 1 atom stereocenters. The number of nitrogens with one attached hydrogen (secondary N) is 2. The Bertz CT molecular complexity index is 497. The number of carbonyl (C=O) groups is 2. The van der Waals surface area contributed by atoms with Crippen LogP contribution in [0.4, 0.5) is 0 Å². The number of amides is 2. The van der Waals surface area contributed by atoms with Gasteiger partial charge in [0.2, 0.25) is 11.8 Å². The molecule has 1 unspecified atom stereocenters. The van der Waals surface area contributed by atoms with E-state index < -0.39 is 0 Å². The molecule has 2 N–H and O–H groups in total. The van der Waals surface area contributed by atoms with Gasteiger partial charge in [-0.2, -0.15) is 0 Å². The van der Waals surface area contributed by atoms with Gasteiger partial charge >= 0.3 is 0 Å². The molecule has 0 saturated carbocycles. The first-order valence-electron chi connectivity index (χ1n) is 8.81. The molecule has 0 aromatic rings. The van der Waals surface area contributed by atoms with Gasteiger partial charge in [-0.1, -0.05) is 13.8 Å². The van der Waals surface area contributed by atoms with Crippen molar-refractivity contribution in [1.29, 1.82) is 0 Å². The van der Waals surface area contributed by atoms with E-state index >= 15 is 0 Å². The Morgan fingerprint density at radius 1 is 1.08 bits per heavy atom. The Morgan fingerprint density at radius 3 is 2.33 bits per heavy atom. The topological polar surface area (TPSA) is 64.7 Å². The van der Waals surface area contributed by atoms with Crippen molar-refractivity contribution >= 4 is 11.8 Å². The van der Waals surface area contributed by atoms with Gasteiger partial charge in [0.25, 0.3) is 0 Å².